The first-order chi connectivity index (χ1) is 13.0. The fourth-order valence-electron chi connectivity index (χ4n) is 3.45. The first-order valence-electron chi connectivity index (χ1n) is 9.00. The first kappa shape index (κ1) is 17.6. The van der Waals surface area contributed by atoms with Gasteiger partial charge < -0.3 is 4.52 Å². The van der Waals surface area contributed by atoms with Gasteiger partial charge in [-0.2, -0.15) is 10.1 Å². The van der Waals surface area contributed by atoms with Crippen LogP contribution in [-0.4, -0.2) is 43.3 Å². The van der Waals surface area contributed by atoms with Gasteiger partial charge in [-0.25, -0.2) is 14.3 Å². The molecule has 27 heavy (non-hydrogen) atoms. The highest BCUT2D eigenvalue weighted by molar-refractivity contribution is 5.54. The fraction of sp³-hybridized carbons (Fsp3) is 0.444. The SMILES string of the molecule is Cc1ccc(-c2noc([C@@H](C)N3CCC(c4n[nH]c(=O)[nH]4)CC3)n2)cc1F. The molecule has 2 N–H and O–H groups in total. The van der Waals surface area contributed by atoms with E-state index < -0.39 is 0 Å². The summed E-state index contributed by atoms with van der Waals surface area (Å²) in [6.07, 6.45) is 1.77. The van der Waals surface area contributed by atoms with Gasteiger partial charge in [0.15, 0.2) is 0 Å². The molecule has 1 aliphatic rings. The summed E-state index contributed by atoms with van der Waals surface area (Å²) in [5.41, 5.74) is 0.908. The highest BCUT2D eigenvalue weighted by atomic mass is 19.1. The molecule has 0 spiro atoms. The Hall–Kier alpha value is -2.81. The number of aromatic nitrogens is 5. The Morgan fingerprint density at radius 1 is 1.33 bits per heavy atom. The molecule has 1 fully saturated rings. The van der Waals surface area contributed by atoms with Gasteiger partial charge in [0, 0.05) is 11.5 Å². The van der Waals surface area contributed by atoms with E-state index in [0.717, 1.165) is 25.9 Å². The number of benzene rings is 1. The predicted octanol–water partition coefficient (Wildman–Crippen LogP) is 2.54. The summed E-state index contributed by atoms with van der Waals surface area (Å²) < 4.78 is 19.2. The largest absolute Gasteiger partial charge is 0.340 e. The number of nitrogens with zero attached hydrogens (tertiary/aromatic N) is 4. The van der Waals surface area contributed by atoms with E-state index in [1.807, 2.05) is 6.92 Å². The number of aryl methyl sites for hydroxylation is 1. The second-order valence-electron chi connectivity index (χ2n) is 6.97. The molecule has 0 radical (unpaired) electrons. The summed E-state index contributed by atoms with van der Waals surface area (Å²) >= 11 is 0. The van der Waals surface area contributed by atoms with E-state index in [9.17, 15) is 9.18 Å². The average molecular weight is 372 g/mol. The van der Waals surface area contributed by atoms with Crippen molar-refractivity contribution in [2.75, 3.05) is 13.1 Å². The molecular formula is C18H21FN6O2. The van der Waals surface area contributed by atoms with Gasteiger partial charge >= 0.3 is 5.69 Å². The molecule has 1 atom stereocenters. The zero-order valence-corrected chi connectivity index (χ0v) is 15.2. The van der Waals surface area contributed by atoms with Crippen molar-refractivity contribution in [3.63, 3.8) is 0 Å². The average Bonchev–Trinajstić information content (AvgIpc) is 3.33. The van der Waals surface area contributed by atoms with Crippen LogP contribution in [0, 0.1) is 12.7 Å². The number of likely N-dealkylation sites (tertiary alicyclic amines) is 1. The summed E-state index contributed by atoms with van der Waals surface area (Å²) in [7, 11) is 0. The molecule has 8 nitrogen and oxygen atoms in total. The van der Waals surface area contributed by atoms with Crippen LogP contribution < -0.4 is 5.69 Å². The van der Waals surface area contributed by atoms with Crippen molar-refractivity contribution in [3.05, 3.63) is 51.8 Å². The van der Waals surface area contributed by atoms with Crippen molar-refractivity contribution in [1.82, 2.24) is 30.2 Å². The molecule has 0 aliphatic carbocycles. The second kappa shape index (κ2) is 7.07. The number of nitrogens with one attached hydrogen (secondary N) is 2. The van der Waals surface area contributed by atoms with Crippen LogP contribution in [-0.2, 0) is 0 Å². The predicted molar refractivity (Wildman–Crippen MR) is 95.6 cm³/mol. The van der Waals surface area contributed by atoms with Gasteiger partial charge in [0.25, 0.3) is 0 Å². The number of H-pyrrole nitrogens is 2. The monoisotopic (exact) mass is 372 g/mol. The van der Waals surface area contributed by atoms with Gasteiger partial charge in [0.2, 0.25) is 11.7 Å². The Bertz CT molecular complexity index is 986. The number of aromatic amines is 2. The molecule has 0 amide bonds. The van der Waals surface area contributed by atoms with Crippen molar-refractivity contribution in [1.29, 1.82) is 0 Å². The van der Waals surface area contributed by atoms with Gasteiger partial charge in [-0.1, -0.05) is 17.3 Å². The van der Waals surface area contributed by atoms with E-state index in [1.165, 1.54) is 6.07 Å². The molecule has 9 heteroatoms. The Morgan fingerprint density at radius 2 is 2.11 bits per heavy atom. The van der Waals surface area contributed by atoms with E-state index in [-0.39, 0.29) is 23.5 Å². The third-order valence-corrected chi connectivity index (χ3v) is 5.21. The lowest BCUT2D eigenvalue weighted by Crippen LogP contribution is -2.35. The lowest BCUT2D eigenvalue weighted by atomic mass is 9.95. The summed E-state index contributed by atoms with van der Waals surface area (Å²) in [5, 5.41) is 10.5. The molecule has 1 aromatic carbocycles. The number of hydrogen-bond acceptors (Lipinski definition) is 6. The molecule has 1 saturated heterocycles. The Balaban J connectivity index is 1.43. The number of hydrogen-bond donors (Lipinski definition) is 2. The minimum atomic E-state index is -0.287. The Morgan fingerprint density at radius 3 is 2.78 bits per heavy atom. The maximum Gasteiger partial charge on any atom is 0.340 e. The molecule has 2 aromatic heterocycles. The zero-order valence-electron chi connectivity index (χ0n) is 15.2. The van der Waals surface area contributed by atoms with Crippen LogP contribution in [0.4, 0.5) is 4.39 Å². The van der Waals surface area contributed by atoms with Crippen molar-refractivity contribution >= 4 is 0 Å². The van der Waals surface area contributed by atoms with Crippen molar-refractivity contribution in [2.24, 2.45) is 0 Å². The van der Waals surface area contributed by atoms with E-state index in [0.29, 0.717) is 28.7 Å². The number of piperidine rings is 1. The topological polar surface area (TPSA) is 104 Å². The van der Waals surface area contributed by atoms with E-state index in [4.69, 9.17) is 4.52 Å². The van der Waals surface area contributed by atoms with Crippen LogP contribution >= 0.6 is 0 Å². The van der Waals surface area contributed by atoms with Crippen LogP contribution in [0.1, 0.15) is 49.0 Å². The molecular weight excluding hydrogens is 351 g/mol. The van der Waals surface area contributed by atoms with Crippen molar-refractivity contribution < 1.29 is 8.91 Å². The van der Waals surface area contributed by atoms with Gasteiger partial charge in [-0.05, 0) is 51.4 Å². The summed E-state index contributed by atoms with van der Waals surface area (Å²) in [6.45, 7) is 5.39. The molecule has 3 aromatic rings. The van der Waals surface area contributed by atoms with E-state index in [2.05, 4.69) is 30.2 Å². The quantitative estimate of drug-likeness (QED) is 0.729. The molecule has 0 bridgehead atoms. The molecule has 3 heterocycles. The van der Waals surface area contributed by atoms with Crippen LogP contribution in [0.3, 0.4) is 0 Å². The first-order valence-corrected chi connectivity index (χ1v) is 9.00. The molecule has 0 unspecified atom stereocenters. The minimum absolute atomic E-state index is 0.0410. The lowest BCUT2D eigenvalue weighted by molar-refractivity contribution is 0.135. The van der Waals surface area contributed by atoms with Crippen LogP contribution in [0.5, 0.6) is 0 Å². The van der Waals surface area contributed by atoms with Gasteiger partial charge in [-0.3, -0.25) is 9.88 Å². The Kier molecular flexibility index (Phi) is 4.61. The van der Waals surface area contributed by atoms with Crippen molar-refractivity contribution in [3.8, 4) is 11.4 Å². The summed E-state index contributed by atoms with van der Waals surface area (Å²) in [6, 6.07) is 4.87. The van der Waals surface area contributed by atoms with Crippen LogP contribution in [0.25, 0.3) is 11.4 Å². The van der Waals surface area contributed by atoms with Gasteiger partial charge in [0.05, 0.1) is 6.04 Å². The molecule has 0 saturated carbocycles. The number of halogens is 1. The minimum Gasteiger partial charge on any atom is -0.337 e. The van der Waals surface area contributed by atoms with Crippen molar-refractivity contribution in [2.45, 2.75) is 38.6 Å². The third kappa shape index (κ3) is 3.55. The summed E-state index contributed by atoms with van der Waals surface area (Å²) in [4.78, 5) is 20.7. The van der Waals surface area contributed by atoms with E-state index >= 15 is 0 Å². The maximum absolute atomic E-state index is 13.8. The summed E-state index contributed by atoms with van der Waals surface area (Å²) in [5.74, 6) is 1.57. The standard InChI is InChI=1S/C18H21FN6O2/c1-10-3-4-13(9-14(10)19)16-20-17(27-24-16)11(2)25-7-5-12(6-8-25)15-21-18(26)23-22-15/h3-4,9,11-12H,5-8H2,1-2H3,(H2,21,22,23,26)/t11-/m1/s1. The molecule has 4 rings (SSSR count). The highest BCUT2D eigenvalue weighted by Crippen LogP contribution is 2.30. The van der Waals surface area contributed by atoms with Gasteiger partial charge in [-0.15, -0.1) is 0 Å². The normalized spacial score (nSPS) is 17.3. The van der Waals surface area contributed by atoms with Crippen LogP contribution in [0.15, 0.2) is 27.5 Å². The van der Waals surface area contributed by atoms with Crippen LogP contribution in [0.2, 0.25) is 0 Å². The smallest absolute Gasteiger partial charge is 0.337 e. The highest BCUT2D eigenvalue weighted by Gasteiger charge is 2.28. The Labute approximate surface area is 154 Å². The van der Waals surface area contributed by atoms with E-state index in [1.54, 1.807) is 19.1 Å². The lowest BCUT2D eigenvalue weighted by Gasteiger charge is -2.33. The molecule has 1 aliphatic heterocycles. The third-order valence-electron chi connectivity index (χ3n) is 5.21. The maximum atomic E-state index is 13.8. The zero-order chi connectivity index (χ0) is 19.0. The fourth-order valence-corrected chi connectivity index (χ4v) is 3.45. The number of rotatable bonds is 4. The van der Waals surface area contributed by atoms with Gasteiger partial charge in [0.1, 0.15) is 11.6 Å². The second-order valence-corrected chi connectivity index (χ2v) is 6.97. The molecule has 142 valence electrons.